The number of nitrogens with zero attached hydrogens (tertiary/aromatic N) is 2. The molecule has 0 saturated heterocycles. The largest absolute Gasteiger partial charge is 0.325 e. The van der Waals surface area contributed by atoms with E-state index in [1.165, 1.54) is 16.8 Å². The highest BCUT2D eigenvalue weighted by molar-refractivity contribution is 5.63. The molecule has 3 heteroatoms. The number of aromatic nitrogens is 2. The van der Waals surface area contributed by atoms with Gasteiger partial charge in [-0.2, -0.15) is 0 Å². The van der Waals surface area contributed by atoms with Gasteiger partial charge in [0.15, 0.2) is 0 Å². The summed E-state index contributed by atoms with van der Waals surface area (Å²) in [4.78, 5) is 4.55. The number of para-hydroxylation sites is 1. The Hall–Kier alpha value is -2.03. The number of nitrogens with one attached hydrogen (secondary N) is 1. The van der Waals surface area contributed by atoms with Gasteiger partial charge >= 0.3 is 0 Å². The minimum atomic E-state index is 0.760. The lowest BCUT2D eigenvalue weighted by molar-refractivity contribution is 0.831. The van der Waals surface area contributed by atoms with Crippen LogP contribution in [0.15, 0.2) is 37.1 Å². The number of hydrogen-bond donors (Lipinski definition) is 1. The highest BCUT2D eigenvalue weighted by Gasteiger charge is 2.09. The second-order valence-corrected chi connectivity index (χ2v) is 4.73. The second-order valence-electron chi connectivity index (χ2n) is 4.73. The van der Waals surface area contributed by atoms with Gasteiger partial charge in [0, 0.05) is 18.4 Å². The molecule has 0 aliphatic heterocycles. The molecular weight excluding hydrogens is 234 g/mol. The fourth-order valence-electron chi connectivity index (χ4n) is 2.24. The summed E-state index contributed by atoms with van der Waals surface area (Å²) in [6.07, 6.45) is 4.92. The van der Waals surface area contributed by atoms with Crippen molar-refractivity contribution in [2.45, 2.75) is 33.7 Å². The molecule has 1 aromatic carbocycles. The molecule has 0 amide bonds. The van der Waals surface area contributed by atoms with Gasteiger partial charge in [0.05, 0.1) is 5.69 Å². The van der Waals surface area contributed by atoms with Gasteiger partial charge in [-0.1, -0.05) is 31.2 Å². The van der Waals surface area contributed by atoms with Gasteiger partial charge in [0.1, 0.15) is 0 Å². The minimum Gasteiger partial charge on any atom is -0.325 e. The van der Waals surface area contributed by atoms with Crippen molar-refractivity contribution in [3.05, 3.63) is 53.9 Å². The Balaban J connectivity index is 2.38. The Bertz CT molecular complexity index is 582. The molecule has 0 unspecified atom stereocenters. The molecule has 2 aromatic rings. The molecule has 1 heterocycles. The SMILES string of the molecule is C=CCn1cc(C)nc1Nc1c(C)cccc1CC. The summed E-state index contributed by atoms with van der Waals surface area (Å²) < 4.78 is 2.08. The van der Waals surface area contributed by atoms with Crippen molar-refractivity contribution in [3.63, 3.8) is 0 Å². The van der Waals surface area contributed by atoms with Crippen LogP contribution in [-0.2, 0) is 13.0 Å². The lowest BCUT2D eigenvalue weighted by Crippen LogP contribution is -2.05. The number of rotatable bonds is 5. The molecule has 0 spiro atoms. The van der Waals surface area contributed by atoms with Crippen molar-refractivity contribution in [2.75, 3.05) is 5.32 Å². The molecule has 0 radical (unpaired) electrons. The van der Waals surface area contributed by atoms with E-state index in [4.69, 9.17) is 0 Å². The summed E-state index contributed by atoms with van der Waals surface area (Å²) in [7, 11) is 0. The number of aryl methyl sites for hydroxylation is 3. The van der Waals surface area contributed by atoms with Crippen LogP contribution >= 0.6 is 0 Å². The summed E-state index contributed by atoms with van der Waals surface area (Å²) in [5, 5.41) is 3.47. The van der Waals surface area contributed by atoms with Crippen LogP contribution in [0.2, 0.25) is 0 Å². The predicted octanol–water partition coefficient (Wildman–Crippen LogP) is 3.99. The molecule has 1 N–H and O–H groups in total. The van der Waals surface area contributed by atoms with Crippen molar-refractivity contribution >= 4 is 11.6 Å². The highest BCUT2D eigenvalue weighted by atomic mass is 15.2. The zero-order valence-corrected chi connectivity index (χ0v) is 11.9. The number of imidazole rings is 1. The fourth-order valence-corrected chi connectivity index (χ4v) is 2.24. The van der Waals surface area contributed by atoms with Crippen LogP contribution in [0.1, 0.15) is 23.7 Å². The average Bonchev–Trinajstić information content (AvgIpc) is 2.72. The molecule has 3 nitrogen and oxygen atoms in total. The predicted molar refractivity (Wildman–Crippen MR) is 81.0 cm³/mol. The first-order valence-corrected chi connectivity index (χ1v) is 6.66. The maximum absolute atomic E-state index is 4.55. The Morgan fingerprint density at radius 3 is 2.84 bits per heavy atom. The van der Waals surface area contributed by atoms with Crippen molar-refractivity contribution in [1.29, 1.82) is 0 Å². The highest BCUT2D eigenvalue weighted by Crippen LogP contribution is 2.25. The summed E-state index contributed by atoms with van der Waals surface area (Å²) in [5.41, 5.74) is 4.73. The van der Waals surface area contributed by atoms with Gasteiger partial charge < -0.3 is 9.88 Å². The number of benzene rings is 1. The molecule has 0 aliphatic carbocycles. The lowest BCUT2D eigenvalue weighted by atomic mass is 10.1. The van der Waals surface area contributed by atoms with Gasteiger partial charge in [-0.15, -0.1) is 6.58 Å². The van der Waals surface area contributed by atoms with Crippen LogP contribution in [0.25, 0.3) is 0 Å². The van der Waals surface area contributed by atoms with E-state index in [0.717, 1.165) is 24.6 Å². The summed E-state index contributed by atoms with van der Waals surface area (Å²) in [5.74, 6) is 0.876. The number of hydrogen-bond acceptors (Lipinski definition) is 2. The van der Waals surface area contributed by atoms with Crippen LogP contribution in [0.5, 0.6) is 0 Å². The number of anilines is 2. The van der Waals surface area contributed by atoms with E-state index in [1.807, 2.05) is 19.2 Å². The molecule has 2 rings (SSSR count). The first-order valence-electron chi connectivity index (χ1n) is 6.66. The first kappa shape index (κ1) is 13.4. The maximum atomic E-state index is 4.55. The van der Waals surface area contributed by atoms with Crippen molar-refractivity contribution < 1.29 is 0 Å². The molecule has 0 aliphatic rings. The van der Waals surface area contributed by atoms with Crippen molar-refractivity contribution in [2.24, 2.45) is 0 Å². The lowest BCUT2D eigenvalue weighted by Gasteiger charge is -2.14. The standard InChI is InChI=1S/C16H21N3/c1-5-10-19-11-13(4)17-16(19)18-15-12(3)8-7-9-14(15)6-2/h5,7-9,11H,1,6,10H2,2-4H3,(H,17,18). The quantitative estimate of drug-likeness (QED) is 0.819. The maximum Gasteiger partial charge on any atom is 0.207 e. The van der Waals surface area contributed by atoms with Crippen molar-refractivity contribution in [1.82, 2.24) is 9.55 Å². The molecular formula is C16H21N3. The number of allylic oxidation sites excluding steroid dienone is 1. The zero-order chi connectivity index (χ0) is 13.8. The molecule has 100 valence electrons. The van der Waals surface area contributed by atoms with E-state index in [1.54, 1.807) is 0 Å². The van der Waals surface area contributed by atoms with E-state index in [0.29, 0.717) is 0 Å². The van der Waals surface area contributed by atoms with Crippen LogP contribution in [0.4, 0.5) is 11.6 Å². The third-order valence-corrected chi connectivity index (χ3v) is 3.20. The Labute approximate surface area is 115 Å². The van der Waals surface area contributed by atoms with Gasteiger partial charge in [0.25, 0.3) is 0 Å². The third-order valence-electron chi connectivity index (χ3n) is 3.20. The summed E-state index contributed by atoms with van der Waals surface area (Å²) >= 11 is 0. The summed E-state index contributed by atoms with van der Waals surface area (Å²) in [6, 6.07) is 6.37. The molecule has 0 fully saturated rings. The second kappa shape index (κ2) is 5.74. The van der Waals surface area contributed by atoms with E-state index in [2.05, 4.69) is 53.5 Å². The van der Waals surface area contributed by atoms with E-state index in [9.17, 15) is 0 Å². The third kappa shape index (κ3) is 2.87. The Morgan fingerprint density at radius 2 is 2.16 bits per heavy atom. The van der Waals surface area contributed by atoms with Gasteiger partial charge in [-0.25, -0.2) is 4.98 Å². The van der Waals surface area contributed by atoms with E-state index in [-0.39, 0.29) is 0 Å². The van der Waals surface area contributed by atoms with E-state index < -0.39 is 0 Å². The Morgan fingerprint density at radius 1 is 1.37 bits per heavy atom. The van der Waals surface area contributed by atoms with Crippen LogP contribution in [0, 0.1) is 13.8 Å². The normalized spacial score (nSPS) is 10.5. The molecule has 0 bridgehead atoms. The summed E-state index contributed by atoms with van der Waals surface area (Å²) in [6.45, 7) is 10.8. The zero-order valence-electron chi connectivity index (χ0n) is 11.9. The average molecular weight is 255 g/mol. The van der Waals surface area contributed by atoms with Gasteiger partial charge in [-0.3, -0.25) is 0 Å². The molecule has 19 heavy (non-hydrogen) atoms. The van der Waals surface area contributed by atoms with Crippen LogP contribution < -0.4 is 5.32 Å². The Kier molecular flexibility index (Phi) is 4.05. The van der Waals surface area contributed by atoms with E-state index >= 15 is 0 Å². The topological polar surface area (TPSA) is 29.9 Å². The molecule has 0 saturated carbocycles. The van der Waals surface area contributed by atoms with Gasteiger partial charge in [-0.05, 0) is 31.4 Å². The fraction of sp³-hybridized carbons (Fsp3) is 0.312. The van der Waals surface area contributed by atoms with Gasteiger partial charge in [0.2, 0.25) is 5.95 Å². The molecule has 0 atom stereocenters. The first-order chi connectivity index (χ1) is 9.15. The van der Waals surface area contributed by atoms with Crippen LogP contribution in [0.3, 0.4) is 0 Å². The molecule has 1 aromatic heterocycles. The smallest absolute Gasteiger partial charge is 0.207 e. The minimum absolute atomic E-state index is 0.760. The monoisotopic (exact) mass is 255 g/mol. The van der Waals surface area contributed by atoms with Crippen molar-refractivity contribution in [3.8, 4) is 0 Å². The van der Waals surface area contributed by atoms with Crippen LogP contribution in [-0.4, -0.2) is 9.55 Å².